The molecule has 0 aliphatic heterocycles. The molecule has 3 rings (SSSR count). The van der Waals surface area contributed by atoms with Gasteiger partial charge in [-0.3, -0.25) is 14.4 Å². The van der Waals surface area contributed by atoms with Gasteiger partial charge in [0.05, 0.1) is 10.2 Å². The Morgan fingerprint density at radius 1 is 1.15 bits per heavy atom. The van der Waals surface area contributed by atoms with Gasteiger partial charge in [0.2, 0.25) is 11.8 Å². The average Bonchev–Trinajstić information content (AvgIpc) is 3.22. The molecular weight excluding hydrogens is 372 g/mol. The molecule has 0 unspecified atom stereocenters. The molecule has 7 nitrogen and oxygen atoms in total. The van der Waals surface area contributed by atoms with E-state index in [1.807, 2.05) is 11.4 Å². The Bertz CT molecular complexity index is 950. The van der Waals surface area contributed by atoms with Crippen molar-refractivity contribution in [3.8, 4) is 0 Å². The fourth-order valence-electron chi connectivity index (χ4n) is 2.23. The standard InChI is InChI=1S/C17H16N4O3S2/c1-10(22)19-12-2-3-13-14(8-12)26-17(20-13)21-15(23)4-6-18-16(24)11-5-7-25-9-11/h2-3,5,7-9H,4,6H2,1H3,(H,18,24)(H,19,22)(H,20,21,23). The molecule has 2 aromatic heterocycles. The molecule has 2 heterocycles. The third kappa shape index (κ3) is 4.64. The molecule has 1 aromatic carbocycles. The van der Waals surface area contributed by atoms with Crippen LogP contribution in [-0.2, 0) is 9.59 Å². The molecule has 0 bridgehead atoms. The number of rotatable bonds is 6. The Morgan fingerprint density at radius 2 is 2.00 bits per heavy atom. The van der Waals surface area contributed by atoms with Crippen LogP contribution in [0.2, 0.25) is 0 Å². The van der Waals surface area contributed by atoms with E-state index in [0.717, 1.165) is 10.2 Å². The lowest BCUT2D eigenvalue weighted by Crippen LogP contribution is -2.27. The van der Waals surface area contributed by atoms with E-state index >= 15 is 0 Å². The second kappa shape index (κ2) is 8.07. The number of benzene rings is 1. The highest BCUT2D eigenvalue weighted by molar-refractivity contribution is 7.22. The molecule has 3 N–H and O–H groups in total. The van der Waals surface area contributed by atoms with Crippen molar-refractivity contribution < 1.29 is 14.4 Å². The molecule has 0 radical (unpaired) electrons. The van der Waals surface area contributed by atoms with Crippen LogP contribution in [0.4, 0.5) is 10.8 Å². The van der Waals surface area contributed by atoms with Crippen LogP contribution < -0.4 is 16.0 Å². The fourth-order valence-corrected chi connectivity index (χ4v) is 3.78. The normalized spacial score (nSPS) is 10.5. The summed E-state index contributed by atoms with van der Waals surface area (Å²) >= 11 is 2.77. The molecule has 0 spiro atoms. The molecule has 134 valence electrons. The van der Waals surface area contributed by atoms with Crippen LogP contribution in [0.1, 0.15) is 23.7 Å². The first-order valence-electron chi connectivity index (χ1n) is 7.80. The van der Waals surface area contributed by atoms with Crippen molar-refractivity contribution in [2.45, 2.75) is 13.3 Å². The van der Waals surface area contributed by atoms with Crippen LogP contribution in [0.25, 0.3) is 10.2 Å². The smallest absolute Gasteiger partial charge is 0.252 e. The molecule has 3 amide bonds. The largest absolute Gasteiger partial charge is 0.351 e. The van der Waals surface area contributed by atoms with Gasteiger partial charge >= 0.3 is 0 Å². The molecule has 9 heteroatoms. The maximum absolute atomic E-state index is 12.0. The molecule has 0 saturated carbocycles. The van der Waals surface area contributed by atoms with Crippen LogP contribution in [0.3, 0.4) is 0 Å². The summed E-state index contributed by atoms with van der Waals surface area (Å²) < 4.78 is 0.859. The minimum Gasteiger partial charge on any atom is -0.351 e. The van der Waals surface area contributed by atoms with E-state index in [4.69, 9.17) is 0 Å². The number of thiazole rings is 1. The van der Waals surface area contributed by atoms with Crippen molar-refractivity contribution >= 4 is 61.4 Å². The van der Waals surface area contributed by atoms with Gasteiger partial charge in [0.15, 0.2) is 5.13 Å². The van der Waals surface area contributed by atoms with E-state index in [9.17, 15) is 14.4 Å². The second-order valence-electron chi connectivity index (χ2n) is 5.45. The Kier molecular flexibility index (Phi) is 5.59. The highest BCUT2D eigenvalue weighted by Crippen LogP contribution is 2.28. The Balaban J connectivity index is 1.53. The zero-order valence-corrected chi connectivity index (χ0v) is 15.5. The Morgan fingerprint density at radius 3 is 2.73 bits per heavy atom. The Hall–Kier alpha value is -2.78. The summed E-state index contributed by atoms with van der Waals surface area (Å²) in [7, 11) is 0. The van der Waals surface area contributed by atoms with Crippen LogP contribution >= 0.6 is 22.7 Å². The summed E-state index contributed by atoms with van der Waals surface area (Å²) in [5.74, 6) is -0.562. The van der Waals surface area contributed by atoms with E-state index in [0.29, 0.717) is 16.4 Å². The number of fused-ring (bicyclic) bond motifs is 1. The zero-order chi connectivity index (χ0) is 18.5. The maximum Gasteiger partial charge on any atom is 0.252 e. The van der Waals surface area contributed by atoms with E-state index in [2.05, 4.69) is 20.9 Å². The molecule has 0 aliphatic rings. The van der Waals surface area contributed by atoms with E-state index in [-0.39, 0.29) is 30.7 Å². The van der Waals surface area contributed by atoms with Gasteiger partial charge in [0, 0.05) is 36.5 Å². The lowest BCUT2D eigenvalue weighted by molar-refractivity contribution is -0.116. The molecule has 26 heavy (non-hydrogen) atoms. The predicted octanol–water partition coefficient (Wildman–Crippen LogP) is 3.07. The number of carbonyl (C=O) groups excluding carboxylic acids is 3. The minimum absolute atomic E-state index is 0.146. The monoisotopic (exact) mass is 388 g/mol. The highest BCUT2D eigenvalue weighted by Gasteiger charge is 2.10. The van der Waals surface area contributed by atoms with Crippen LogP contribution in [0.15, 0.2) is 35.0 Å². The summed E-state index contributed by atoms with van der Waals surface area (Å²) in [4.78, 5) is 39.3. The number of carbonyl (C=O) groups is 3. The summed E-state index contributed by atoms with van der Waals surface area (Å²) in [6, 6.07) is 7.09. The summed E-state index contributed by atoms with van der Waals surface area (Å²) in [5, 5.41) is 12.2. The van der Waals surface area contributed by atoms with E-state index < -0.39 is 0 Å². The highest BCUT2D eigenvalue weighted by atomic mass is 32.1. The van der Waals surface area contributed by atoms with Gasteiger partial charge < -0.3 is 16.0 Å². The van der Waals surface area contributed by atoms with Crippen molar-refractivity contribution in [1.29, 1.82) is 0 Å². The van der Waals surface area contributed by atoms with E-state index in [1.54, 1.807) is 23.6 Å². The van der Waals surface area contributed by atoms with Gasteiger partial charge in [-0.1, -0.05) is 11.3 Å². The molecule has 0 aliphatic carbocycles. The van der Waals surface area contributed by atoms with Crippen molar-refractivity contribution in [3.63, 3.8) is 0 Å². The van der Waals surface area contributed by atoms with Crippen LogP contribution in [-0.4, -0.2) is 29.3 Å². The van der Waals surface area contributed by atoms with Crippen molar-refractivity contribution in [3.05, 3.63) is 40.6 Å². The first-order valence-corrected chi connectivity index (χ1v) is 9.55. The van der Waals surface area contributed by atoms with Crippen LogP contribution in [0.5, 0.6) is 0 Å². The molecule has 3 aromatic rings. The molecule has 0 saturated heterocycles. The topological polar surface area (TPSA) is 100 Å². The number of hydrogen-bond donors (Lipinski definition) is 3. The number of hydrogen-bond acceptors (Lipinski definition) is 6. The van der Waals surface area contributed by atoms with E-state index in [1.165, 1.54) is 29.6 Å². The summed E-state index contributed by atoms with van der Waals surface area (Å²) in [6.07, 6.45) is 0.156. The number of nitrogens with one attached hydrogen (secondary N) is 3. The molecule has 0 fully saturated rings. The third-order valence-electron chi connectivity index (χ3n) is 3.38. The lowest BCUT2D eigenvalue weighted by atomic mass is 10.3. The number of aromatic nitrogens is 1. The average molecular weight is 388 g/mol. The fraction of sp³-hybridized carbons (Fsp3) is 0.176. The SMILES string of the molecule is CC(=O)Nc1ccc2nc(NC(=O)CCNC(=O)c3ccsc3)sc2c1. The second-order valence-corrected chi connectivity index (χ2v) is 7.26. The van der Waals surface area contributed by atoms with Gasteiger partial charge in [-0.2, -0.15) is 11.3 Å². The van der Waals surface area contributed by atoms with Gasteiger partial charge in [0.25, 0.3) is 5.91 Å². The maximum atomic E-state index is 12.0. The van der Waals surface area contributed by atoms with Gasteiger partial charge in [-0.15, -0.1) is 0 Å². The number of anilines is 2. The summed E-state index contributed by atoms with van der Waals surface area (Å²) in [5.41, 5.74) is 2.02. The predicted molar refractivity (Wildman–Crippen MR) is 104 cm³/mol. The van der Waals surface area contributed by atoms with Crippen molar-refractivity contribution in [2.75, 3.05) is 17.2 Å². The zero-order valence-electron chi connectivity index (χ0n) is 13.9. The van der Waals surface area contributed by atoms with Crippen molar-refractivity contribution in [1.82, 2.24) is 10.3 Å². The third-order valence-corrected chi connectivity index (χ3v) is 4.99. The first-order chi connectivity index (χ1) is 12.5. The van der Waals surface area contributed by atoms with Gasteiger partial charge in [0.1, 0.15) is 0 Å². The lowest BCUT2D eigenvalue weighted by Gasteiger charge is -2.03. The van der Waals surface area contributed by atoms with Gasteiger partial charge in [-0.25, -0.2) is 4.98 Å². The quantitative estimate of drug-likeness (QED) is 0.604. The minimum atomic E-state index is -0.225. The van der Waals surface area contributed by atoms with Gasteiger partial charge in [-0.05, 0) is 29.6 Å². The number of nitrogens with zero attached hydrogens (tertiary/aromatic N) is 1. The molecule has 0 atom stereocenters. The number of amides is 3. The molecular formula is C17H16N4O3S2. The number of thiophene rings is 1. The summed E-state index contributed by atoms with van der Waals surface area (Å²) in [6.45, 7) is 1.69. The first kappa shape index (κ1) is 18.0. The Labute approximate surface area is 157 Å². The van der Waals surface area contributed by atoms with Crippen molar-refractivity contribution in [2.24, 2.45) is 0 Å². The van der Waals surface area contributed by atoms with Crippen LogP contribution in [0, 0.1) is 0 Å².